The molecule has 0 atom stereocenters. The second kappa shape index (κ2) is 7.18. The molecular formula is C17H17F2NO4S. The molecule has 2 rings (SSSR count). The van der Waals surface area contributed by atoms with Gasteiger partial charge in [-0.15, -0.1) is 0 Å². The Balaban J connectivity index is 2.26. The van der Waals surface area contributed by atoms with Gasteiger partial charge >= 0.3 is 0 Å². The number of amides is 1. The Morgan fingerprint density at radius 1 is 1.08 bits per heavy atom. The largest absolute Gasteiger partial charge is 0.454 e. The van der Waals surface area contributed by atoms with E-state index in [1.54, 1.807) is 16.9 Å². The van der Waals surface area contributed by atoms with Crippen molar-refractivity contribution in [1.82, 2.24) is 4.72 Å². The van der Waals surface area contributed by atoms with E-state index in [1.165, 1.54) is 0 Å². The SMILES string of the molecule is CC(C)c1ccc(Oc2cc(F)c(C(=O)NS(C)(=O)=O)cc2F)cc1. The maximum Gasteiger partial charge on any atom is 0.267 e. The standard InChI is InChI=1S/C17H17F2NO4S/c1-10(2)11-4-6-12(7-5-11)24-16-9-14(18)13(8-15(16)19)17(21)20-25(3,22)23/h4-10H,1-3H3,(H,20,21). The maximum atomic E-state index is 14.1. The van der Waals surface area contributed by atoms with Gasteiger partial charge in [-0.05, 0) is 29.7 Å². The first-order chi connectivity index (χ1) is 11.6. The van der Waals surface area contributed by atoms with Crippen molar-refractivity contribution in [2.24, 2.45) is 0 Å². The molecule has 0 bridgehead atoms. The molecule has 134 valence electrons. The van der Waals surface area contributed by atoms with Crippen LogP contribution in [0.1, 0.15) is 35.7 Å². The summed E-state index contributed by atoms with van der Waals surface area (Å²) in [7, 11) is -3.89. The minimum absolute atomic E-state index is 0.302. The number of ether oxygens (including phenoxy) is 1. The number of hydrogen-bond donors (Lipinski definition) is 1. The Morgan fingerprint density at radius 2 is 1.68 bits per heavy atom. The Hall–Kier alpha value is -2.48. The van der Waals surface area contributed by atoms with Crippen LogP contribution in [0, 0.1) is 11.6 Å². The third-order valence-corrected chi connectivity index (χ3v) is 3.88. The molecule has 0 radical (unpaired) electrons. The molecular weight excluding hydrogens is 352 g/mol. The van der Waals surface area contributed by atoms with E-state index in [0.29, 0.717) is 23.8 Å². The molecule has 1 amide bonds. The highest BCUT2D eigenvalue weighted by Gasteiger charge is 2.19. The third kappa shape index (κ3) is 4.99. The molecule has 0 aromatic heterocycles. The number of nitrogens with one attached hydrogen (secondary N) is 1. The number of rotatable bonds is 5. The van der Waals surface area contributed by atoms with Gasteiger partial charge in [0.2, 0.25) is 10.0 Å². The molecule has 0 aliphatic rings. The van der Waals surface area contributed by atoms with Gasteiger partial charge in [0, 0.05) is 6.07 Å². The summed E-state index contributed by atoms with van der Waals surface area (Å²) >= 11 is 0. The lowest BCUT2D eigenvalue weighted by Gasteiger charge is -2.11. The van der Waals surface area contributed by atoms with Crippen LogP contribution in [0.3, 0.4) is 0 Å². The van der Waals surface area contributed by atoms with Gasteiger partial charge in [0.05, 0.1) is 11.8 Å². The first-order valence-corrected chi connectivity index (χ1v) is 9.25. The summed E-state index contributed by atoms with van der Waals surface area (Å²) in [6, 6.07) is 8.15. The monoisotopic (exact) mass is 369 g/mol. The first kappa shape index (κ1) is 18.9. The fraction of sp³-hybridized carbons (Fsp3) is 0.235. The fourth-order valence-corrected chi connectivity index (χ4v) is 2.50. The number of halogens is 2. The third-order valence-electron chi connectivity index (χ3n) is 3.32. The van der Waals surface area contributed by atoms with Gasteiger partial charge < -0.3 is 4.74 Å². The van der Waals surface area contributed by atoms with Gasteiger partial charge in [-0.1, -0.05) is 26.0 Å². The molecule has 0 aliphatic carbocycles. The molecule has 0 unspecified atom stereocenters. The van der Waals surface area contributed by atoms with E-state index in [9.17, 15) is 22.0 Å². The van der Waals surface area contributed by atoms with Crippen molar-refractivity contribution in [2.75, 3.05) is 6.26 Å². The van der Waals surface area contributed by atoms with E-state index in [4.69, 9.17) is 4.74 Å². The van der Waals surface area contributed by atoms with Gasteiger partial charge in [0.15, 0.2) is 11.6 Å². The second-order valence-electron chi connectivity index (χ2n) is 5.79. The molecule has 0 saturated carbocycles. The summed E-state index contributed by atoms with van der Waals surface area (Å²) in [4.78, 5) is 11.7. The average Bonchev–Trinajstić information content (AvgIpc) is 2.49. The van der Waals surface area contributed by atoms with Crippen LogP contribution in [0.5, 0.6) is 11.5 Å². The smallest absolute Gasteiger partial charge is 0.267 e. The molecule has 0 heterocycles. The highest BCUT2D eigenvalue weighted by molar-refractivity contribution is 7.89. The summed E-state index contributed by atoms with van der Waals surface area (Å²) in [6.45, 7) is 4.04. The molecule has 0 spiro atoms. The Kier molecular flexibility index (Phi) is 5.42. The molecule has 2 aromatic rings. The second-order valence-corrected chi connectivity index (χ2v) is 7.54. The maximum absolute atomic E-state index is 14.1. The van der Waals surface area contributed by atoms with E-state index in [1.807, 2.05) is 26.0 Å². The van der Waals surface area contributed by atoms with Crippen LogP contribution in [-0.4, -0.2) is 20.6 Å². The molecule has 0 fully saturated rings. The minimum Gasteiger partial charge on any atom is -0.454 e. The van der Waals surface area contributed by atoms with Crippen LogP contribution in [0.15, 0.2) is 36.4 Å². The zero-order valence-electron chi connectivity index (χ0n) is 13.8. The number of carbonyl (C=O) groups is 1. The number of carbonyl (C=O) groups excluding carboxylic acids is 1. The van der Waals surface area contributed by atoms with Gasteiger partial charge in [-0.3, -0.25) is 4.79 Å². The number of benzene rings is 2. The summed E-state index contributed by atoms with van der Waals surface area (Å²) in [5.41, 5.74) is 0.331. The van der Waals surface area contributed by atoms with Crippen LogP contribution in [0.2, 0.25) is 0 Å². The Labute approximate surface area is 144 Å². The van der Waals surface area contributed by atoms with Gasteiger partial charge in [-0.25, -0.2) is 21.9 Å². The van der Waals surface area contributed by atoms with Crippen LogP contribution < -0.4 is 9.46 Å². The van der Waals surface area contributed by atoms with E-state index >= 15 is 0 Å². The summed E-state index contributed by atoms with van der Waals surface area (Å²) in [5, 5.41) is 0. The van der Waals surface area contributed by atoms with Gasteiger partial charge in [0.1, 0.15) is 11.6 Å². The zero-order valence-corrected chi connectivity index (χ0v) is 14.7. The lowest BCUT2D eigenvalue weighted by atomic mass is 10.0. The zero-order chi connectivity index (χ0) is 18.8. The molecule has 25 heavy (non-hydrogen) atoms. The summed E-state index contributed by atoms with van der Waals surface area (Å²) < 4.78 is 57.0. The van der Waals surface area contributed by atoms with Crippen molar-refractivity contribution < 1.29 is 26.7 Å². The quantitative estimate of drug-likeness (QED) is 0.875. The molecule has 8 heteroatoms. The molecule has 0 saturated heterocycles. The lowest BCUT2D eigenvalue weighted by Crippen LogP contribution is -2.30. The molecule has 0 aliphatic heterocycles. The molecule has 2 aromatic carbocycles. The van der Waals surface area contributed by atoms with Crippen LogP contribution >= 0.6 is 0 Å². The van der Waals surface area contributed by atoms with Crippen LogP contribution in [0.4, 0.5) is 8.78 Å². The van der Waals surface area contributed by atoms with Crippen molar-refractivity contribution in [3.63, 3.8) is 0 Å². The fourth-order valence-electron chi connectivity index (χ4n) is 2.05. The highest BCUT2D eigenvalue weighted by atomic mass is 32.2. The van der Waals surface area contributed by atoms with Crippen molar-refractivity contribution in [1.29, 1.82) is 0 Å². The Morgan fingerprint density at radius 3 is 2.20 bits per heavy atom. The highest BCUT2D eigenvalue weighted by Crippen LogP contribution is 2.28. The van der Waals surface area contributed by atoms with E-state index < -0.39 is 38.9 Å². The topological polar surface area (TPSA) is 72.5 Å². The van der Waals surface area contributed by atoms with Crippen molar-refractivity contribution in [3.05, 3.63) is 59.2 Å². The molecule has 1 N–H and O–H groups in total. The van der Waals surface area contributed by atoms with E-state index in [2.05, 4.69) is 0 Å². The minimum atomic E-state index is -3.89. The normalized spacial score (nSPS) is 11.4. The lowest BCUT2D eigenvalue weighted by molar-refractivity contribution is 0.0977. The first-order valence-electron chi connectivity index (χ1n) is 7.36. The van der Waals surface area contributed by atoms with E-state index in [-0.39, 0.29) is 0 Å². The van der Waals surface area contributed by atoms with Gasteiger partial charge in [0.25, 0.3) is 5.91 Å². The average molecular weight is 369 g/mol. The predicted octanol–water partition coefficient (Wildman–Crippen LogP) is 3.57. The van der Waals surface area contributed by atoms with Crippen molar-refractivity contribution >= 4 is 15.9 Å². The van der Waals surface area contributed by atoms with Crippen molar-refractivity contribution in [2.45, 2.75) is 19.8 Å². The number of sulfonamides is 1. The Bertz CT molecular complexity index is 894. The van der Waals surface area contributed by atoms with Crippen LogP contribution in [0.25, 0.3) is 0 Å². The van der Waals surface area contributed by atoms with Crippen molar-refractivity contribution in [3.8, 4) is 11.5 Å². The number of hydrogen-bond acceptors (Lipinski definition) is 4. The van der Waals surface area contributed by atoms with Crippen LogP contribution in [-0.2, 0) is 10.0 Å². The molecule has 5 nitrogen and oxygen atoms in total. The van der Waals surface area contributed by atoms with E-state index in [0.717, 1.165) is 11.8 Å². The van der Waals surface area contributed by atoms with Gasteiger partial charge in [-0.2, -0.15) is 0 Å². The summed E-state index contributed by atoms with van der Waals surface area (Å²) in [6.07, 6.45) is 0.734. The predicted molar refractivity (Wildman–Crippen MR) is 89.3 cm³/mol. The summed E-state index contributed by atoms with van der Waals surface area (Å²) in [5.74, 6) is -3.14.